The first-order valence-corrected chi connectivity index (χ1v) is 6.53. The fourth-order valence-electron chi connectivity index (χ4n) is 2.55. The van der Waals surface area contributed by atoms with E-state index in [9.17, 15) is 4.79 Å². The van der Waals surface area contributed by atoms with Crippen LogP contribution in [0.2, 0.25) is 0 Å². The summed E-state index contributed by atoms with van der Waals surface area (Å²) in [7, 11) is 0. The zero-order chi connectivity index (χ0) is 13.0. The smallest absolute Gasteiger partial charge is 0.144 e. The van der Waals surface area contributed by atoms with E-state index in [1.807, 2.05) is 25.1 Å². The molecule has 0 bridgehead atoms. The van der Waals surface area contributed by atoms with Gasteiger partial charge in [-0.25, -0.2) is 0 Å². The van der Waals surface area contributed by atoms with Crippen molar-refractivity contribution in [3.8, 4) is 0 Å². The minimum Gasteiger partial charge on any atom is -0.381 e. The van der Waals surface area contributed by atoms with E-state index in [0.29, 0.717) is 26.2 Å². The molecular formula is C15H21NO2. The van der Waals surface area contributed by atoms with Crippen molar-refractivity contribution < 1.29 is 9.53 Å². The van der Waals surface area contributed by atoms with Crippen LogP contribution in [0.25, 0.3) is 0 Å². The van der Waals surface area contributed by atoms with Gasteiger partial charge in [0, 0.05) is 31.6 Å². The van der Waals surface area contributed by atoms with Crippen molar-refractivity contribution in [1.29, 1.82) is 0 Å². The lowest BCUT2D eigenvalue weighted by atomic mass is 9.74. The van der Waals surface area contributed by atoms with E-state index < -0.39 is 0 Å². The molecule has 0 saturated carbocycles. The fraction of sp³-hybridized carbons (Fsp3) is 0.533. The Morgan fingerprint density at radius 1 is 1.39 bits per heavy atom. The maximum atomic E-state index is 12.5. The summed E-state index contributed by atoms with van der Waals surface area (Å²) in [5.41, 5.74) is 7.76. The molecule has 0 atom stereocenters. The number of nitrogens with two attached hydrogens (primary N) is 1. The number of Topliss-reactive ketones (excluding diaryl/α,β-unsaturated/α-hetero) is 1. The van der Waals surface area contributed by atoms with Crippen molar-refractivity contribution in [3.05, 3.63) is 35.4 Å². The molecule has 3 heteroatoms. The van der Waals surface area contributed by atoms with Crippen LogP contribution >= 0.6 is 0 Å². The van der Waals surface area contributed by atoms with Gasteiger partial charge >= 0.3 is 0 Å². The quantitative estimate of drug-likeness (QED) is 0.883. The van der Waals surface area contributed by atoms with Crippen LogP contribution in [0.4, 0.5) is 0 Å². The maximum absolute atomic E-state index is 12.5. The summed E-state index contributed by atoms with van der Waals surface area (Å²) in [4.78, 5) is 12.5. The summed E-state index contributed by atoms with van der Waals surface area (Å²) < 4.78 is 5.34. The third-order valence-corrected chi connectivity index (χ3v) is 3.88. The van der Waals surface area contributed by atoms with Gasteiger partial charge in [-0.15, -0.1) is 0 Å². The molecule has 1 aliphatic heterocycles. The van der Waals surface area contributed by atoms with Crippen LogP contribution in [0.15, 0.2) is 24.3 Å². The minimum absolute atomic E-state index is 0.263. The molecular weight excluding hydrogens is 226 g/mol. The Hall–Kier alpha value is -1.19. The number of hydrogen-bond acceptors (Lipinski definition) is 3. The molecule has 98 valence electrons. The number of benzene rings is 1. The summed E-state index contributed by atoms with van der Waals surface area (Å²) >= 11 is 0. The topological polar surface area (TPSA) is 52.3 Å². The van der Waals surface area contributed by atoms with Gasteiger partial charge in [-0.05, 0) is 25.3 Å². The second-order valence-electron chi connectivity index (χ2n) is 5.19. The highest BCUT2D eigenvalue weighted by atomic mass is 16.5. The van der Waals surface area contributed by atoms with Gasteiger partial charge in [-0.3, -0.25) is 4.79 Å². The number of aryl methyl sites for hydroxylation is 1. The fourth-order valence-corrected chi connectivity index (χ4v) is 2.55. The van der Waals surface area contributed by atoms with Crippen LogP contribution in [0, 0.1) is 12.3 Å². The van der Waals surface area contributed by atoms with Gasteiger partial charge in [0.25, 0.3) is 0 Å². The molecule has 2 rings (SSSR count). The molecule has 0 aliphatic carbocycles. The van der Waals surface area contributed by atoms with Crippen molar-refractivity contribution in [3.63, 3.8) is 0 Å². The minimum atomic E-state index is -0.359. The van der Waals surface area contributed by atoms with Crippen LogP contribution < -0.4 is 5.73 Å². The predicted octanol–water partition coefficient (Wildman–Crippen LogP) is 1.86. The highest BCUT2D eigenvalue weighted by Gasteiger charge is 2.38. The Balaban J connectivity index is 2.10. The Labute approximate surface area is 108 Å². The van der Waals surface area contributed by atoms with Gasteiger partial charge in [-0.1, -0.05) is 29.8 Å². The second kappa shape index (κ2) is 5.63. The lowest BCUT2D eigenvalue weighted by molar-refractivity contribution is -0.132. The van der Waals surface area contributed by atoms with Crippen molar-refractivity contribution in [2.75, 3.05) is 19.8 Å². The molecule has 0 amide bonds. The van der Waals surface area contributed by atoms with Crippen LogP contribution in [-0.2, 0) is 16.0 Å². The summed E-state index contributed by atoms with van der Waals surface area (Å²) in [5.74, 6) is 0.263. The molecule has 2 N–H and O–H groups in total. The van der Waals surface area contributed by atoms with Gasteiger partial charge in [-0.2, -0.15) is 0 Å². The van der Waals surface area contributed by atoms with E-state index in [4.69, 9.17) is 10.5 Å². The van der Waals surface area contributed by atoms with Crippen LogP contribution in [-0.4, -0.2) is 25.5 Å². The number of carbonyl (C=O) groups is 1. The number of rotatable bonds is 4. The van der Waals surface area contributed by atoms with Crippen molar-refractivity contribution in [1.82, 2.24) is 0 Å². The average molecular weight is 247 g/mol. The Kier molecular flexibility index (Phi) is 4.15. The standard InChI is InChI=1S/C15H21NO2/c1-12-3-2-4-13(9-12)10-14(17)15(11-16)5-7-18-8-6-15/h2-4,9H,5-8,10-11,16H2,1H3. The first-order chi connectivity index (χ1) is 8.66. The van der Waals surface area contributed by atoms with Crippen LogP contribution in [0.1, 0.15) is 24.0 Å². The normalized spacial score (nSPS) is 18.6. The summed E-state index contributed by atoms with van der Waals surface area (Å²) in [5, 5.41) is 0. The molecule has 1 aliphatic rings. The Bertz CT molecular complexity index is 422. The first-order valence-electron chi connectivity index (χ1n) is 6.53. The van der Waals surface area contributed by atoms with E-state index >= 15 is 0 Å². The summed E-state index contributed by atoms with van der Waals surface area (Å²) in [6.07, 6.45) is 2.00. The Morgan fingerprint density at radius 3 is 2.72 bits per heavy atom. The molecule has 3 nitrogen and oxygen atoms in total. The van der Waals surface area contributed by atoms with Gasteiger partial charge in [0.1, 0.15) is 5.78 Å². The third kappa shape index (κ3) is 2.79. The van der Waals surface area contributed by atoms with E-state index in [-0.39, 0.29) is 11.2 Å². The zero-order valence-corrected chi connectivity index (χ0v) is 10.9. The monoisotopic (exact) mass is 247 g/mol. The second-order valence-corrected chi connectivity index (χ2v) is 5.19. The third-order valence-electron chi connectivity index (χ3n) is 3.88. The molecule has 0 unspecified atom stereocenters. The maximum Gasteiger partial charge on any atom is 0.144 e. The SMILES string of the molecule is Cc1cccc(CC(=O)C2(CN)CCOCC2)c1. The van der Waals surface area contributed by atoms with Crippen molar-refractivity contribution in [2.24, 2.45) is 11.1 Å². The molecule has 0 spiro atoms. The molecule has 1 saturated heterocycles. The lowest BCUT2D eigenvalue weighted by Gasteiger charge is -2.34. The van der Waals surface area contributed by atoms with Crippen LogP contribution in [0.5, 0.6) is 0 Å². The predicted molar refractivity (Wildman–Crippen MR) is 71.4 cm³/mol. The molecule has 1 aromatic carbocycles. The number of carbonyl (C=O) groups excluding carboxylic acids is 1. The van der Waals surface area contributed by atoms with E-state index in [2.05, 4.69) is 6.07 Å². The number of hydrogen-bond donors (Lipinski definition) is 1. The van der Waals surface area contributed by atoms with Gasteiger partial charge in [0.2, 0.25) is 0 Å². The highest BCUT2D eigenvalue weighted by Crippen LogP contribution is 2.31. The summed E-state index contributed by atoms with van der Waals surface area (Å²) in [6.45, 7) is 3.77. The molecule has 1 aromatic rings. The lowest BCUT2D eigenvalue weighted by Crippen LogP contribution is -2.44. The average Bonchev–Trinajstić information content (AvgIpc) is 2.39. The van der Waals surface area contributed by atoms with Gasteiger partial charge in [0.15, 0.2) is 0 Å². The molecule has 1 fully saturated rings. The number of ketones is 1. The van der Waals surface area contributed by atoms with Gasteiger partial charge in [0.05, 0.1) is 0 Å². The van der Waals surface area contributed by atoms with E-state index in [0.717, 1.165) is 18.4 Å². The van der Waals surface area contributed by atoms with Crippen LogP contribution in [0.3, 0.4) is 0 Å². The zero-order valence-electron chi connectivity index (χ0n) is 10.9. The molecule has 18 heavy (non-hydrogen) atoms. The Morgan fingerprint density at radius 2 is 2.11 bits per heavy atom. The van der Waals surface area contributed by atoms with E-state index in [1.165, 1.54) is 5.56 Å². The molecule has 1 heterocycles. The largest absolute Gasteiger partial charge is 0.381 e. The number of ether oxygens (including phenoxy) is 1. The molecule has 0 aromatic heterocycles. The van der Waals surface area contributed by atoms with Gasteiger partial charge < -0.3 is 10.5 Å². The molecule has 0 radical (unpaired) electrons. The van der Waals surface area contributed by atoms with Crippen molar-refractivity contribution >= 4 is 5.78 Å². The van der Waals surface area contributed by atoms with E-state index in [1.54, 1.807) is 0 Å². The first kappa shape index (κ1) is 13.2. The van der Waals surface area contributed by atoms with Crippen molar-refractivity contribution in [2.45, 2.75) is 26.2 Å². The highest BCUT2D eigenvalue weighted by molar-refractivity contribution is 5.87. The summed E-state index contributed by atoms with van der Waals surface area (Å²) in [6, 6.07) is 8.12.